The number of amides is 1. The molecule has 0 saturated carbocycles. The third-order valence-corrected chi connectivity index (χ3v) is 2.73. The van der Waals surface area contributed by atoms with Gasteiger partial charge in [0.15, 0.2) is 0 Å². The molecule has 1 rings (SSSR count). The molecule has 0 heterocycles. The lowest BCUT2D eigenvalue weighted by Gasteiger charge is -2.13. The summed E-state index contributed by atoms with van der Waals surface area (Å²) in [7, 11) is 0. The van der Waals surface area contributed by atoms with E-state index in [4.69, 9.17) is 5.73 Å². The lowest BCUT2D eigenvalue weighted by molar-refractivity contribution is -0.120. The van der Waals surface area contributed by atoms with Crippen LogP contribution in [0.25, 0.3) is 0 Å². The van der Waals surface area contributed by atoms with Gasteiger partial charge in [-0.3, -0.25) is 4.79 Å². The van der Waals surface area contributed by atoms with Crippen LogP contribution in [0.3, 0.4) is 0 Å². The van der Waals surface area contributed by atoms with Gasteiger partial charge in [-0.05, 0) is 47.0 Å². The molecule has 16 heavy (non-hydrogen) atoms. The Balaban J connectivity index is 2.59. The van der Waals surface area contributed by atoms with Crippen molar-refractivity contribution in [1.29, 1.82) is 0 Å². The molecule has 3 nitrogen and oxygen atoms in total. The monoisotopic (exact) mass is 288 g/mol. The van der Waals surface area contributed by atoms with Crippen molar-refractivity contribution < 1.29 is 9.18 Å². The summed E-state index contributed by atoms with van der Waals surface area (Å²) >= 11 is 3.12. The van der Waals surface area contributed by atoms with Gasteiger partial charge in [0.25, 0.3) is 0 Å². The highest BCUT2D eigenvalue weighted by Crippen LogP contribution is 2.17. The smallest absolute Gasteiger partial charge is 0.233 e. The molecule has 0 spiro atoms. The van der Waals surface area contributed by atoms with Crippen molar-refractivity contribution in [3.8, 4) is 0 Å². The Bertz CT molecular complexity index is 384. The van der Waals surface area contributed by atoms with Gasteiger partial charge in [-0.2, -0.15) is 0 Å². The average Bonchev–Trinajstić information content (AvgIpc) is 2.23. The van der Waals surface area contributed by atoms with Gasteiger partial charge >= 0.3 is 0 Å². The Morgan fingerprint density at radius 2 is 2.31 bits per heavy atom. The van der Waals surface area contributed by atoms with E-state index in [1.165, 1.54) is 6.07 Å². The van der Waals surface area contributed by atoms with E-state index >= 15 is 0 Å². The molecule has 0 bridgehead atoms. The summed E-state index contributed by atoms with van der Waals surface area (Å²) in [4.78, 5) is 11.0. The predicted octanol–water partition coefficient (Wildman–Crippen LogP) is 1.59. The molecule has 1 aromatic carbocycles. The number of benzene rings is 1. The largest absolute Gasteiger partial charge is 0.352 e. The minimum Gasteiger partial charge on any atom is -0.352 e. The molecule has 0 aromatic heterocycles. The van der Waals surface area contributed by atoms with Crippen molar-refractivity contribution in [3.05, 3.63) is 34.1 Å². The number of nitrogens with two attached hydrogens (primary N) is 1. The van der Waals surface area contributed by atoms with Crippen LogP contribution in [-0.2, 0) is 11.2 Å². The van der Waals surface area contributed by atoms with Crippen molar-refractivity contribution in [3.63, 3.8) is 0 Å². The summed E-state index contributed by atoms with van der Waals surface area (Å²) in [5.41, 5.74) is 6.15. The van der Waals surface area contributed by atoms with Gasteiger partial charge in [0.2, 0.25) is 5.91 Å². The molecule has 0 aliphatic heterocycles. The first-order valence-electron chi connectivity index (χ1n) is 4.96. The zero-order valence-corrected chi connectivity index (χ0v) is 10.6. The summed E-state index contributed by atoms with van der Waals surface area (Å²) in [6, 6.07) is 4.79. The number of halogens is 2. The van der Waals surface area contributed by atoms with Crippen LogP contribution in [0.1, 0.15) is 12.5 Å². The SMILES string of the molecule is CC(Cc1ccc(F)c(Br)c1)NC(=O)CN. The van der Waals surface area contributed by atoms with E-state index in [-0.39, 0.29) is 24.3 Å². The second-order valence-electron chi connectivity index (χ2n) is 3.63. The van der Waals surface area contributed by atoms with Gasteiger partial charge in [0.05, 0.1) is 11.0 Å². The quantitative estimate of drug-likeness (QED) is 0.884. The lowest BCUT2D eigenvalue weighted by Crippen LogP contribution is -2.38. The van der Waals surface area contributed by atoms with Gasteiger partial charge in [-0.1, -0.05) is 6.07 Å². The minimum atomic E-state index is -0.289. The molecule has 0 aliphatic rings. The van der Waals surface area contributed by atoms with Crippen LogP contribution in [-0.4, -0.2) is 18.5 Å². The molecule has 0 fully saturated rings. The first-order chi connectivity index (χ1) is 7.52. The Morgan fingerprint density at radius 1 is 1.62 bits per heavy atom. The standard InChI is InChI=1S/C11H14BrFN2O/c1-7(15-11(16)6-14)4-8-2-3-10(13)9(12)5-8/h2-3,5,7H,4,6,14H2,1H3,(H,15,16). The van der Waals surface area contributed by atoms with E-state index in [0.717, 1.165) is 5.56 Å². The fourth-order valence-electron chi connectivity index (χ4n) is 1.40. The molecular weight excluding hydrogens is 275 g/mol. The first kappa shape index (κ1) is 13.1. The highest BCUT2D eigenvalue weighted by Gasteiger charge is 2.08. The fourth-order valence-corrected chi connectivity index (χ4v) is 1.83. The van der Waals surface area contributed by atoms with E-state index in [2.05, 4.69) is 21.2 Å². The summed E-state index contributed by atoms with van der Waals surface area (Å²) < 4.78 is 13.4. The second-order valence-corrected chi connectivity index (χ2v) is 4.48. The Morgan fingerprint density at radius 3 is 2.88 bits per heavy atom. The number of rotatable bonds is 4. The maximum Gasteiger partial charge on any atom is 0.233 e. The highest BCUT2D eigenvalue weighted by atomic mass is 79.9. The topological polar surface area (TPSA) is 55.1 Å². The molecule has 5 heteroatoms. The van der Waals surface area contributed by atoms with E-state index in [1.807, 2.05) is 6.92 Å². The highest BCUT2D eigenvalue weighted by molar-refractivity contribution is 9.10. The van der Waals surface area contributed by atoms with Crippen LogP contribution in [0.5, 0.6) is 0 Å². The summed E-state index contributed by atoms with van der Waals surface area (Å²) in [5.74, 6) is -0.476. The molecule has 1 unspecified atom stereocenters. The zero-order chi connectivity index (χ0) is 12.1. The fraction of sp³-hybridized carbons (Fsp3) is 0.364. The summed E-state index contributed by atoms with van der Waals surface area (Å²) in [6.07, 6.45) is 0.643. The van der Waals surface area contributed by atoms with Gasteiger partial charge < -0.3 is 11.1 Å². The average molecular weight is 289 g/mol. The second kappa shape index (κ2) is 5.96. The van der Waals surface area contributed by atoms with Crippen molar-refractivity contribution in [2.75, 3.05) is 6.54 Å². The molecule has 1 atom stereocenters. The number of hydrogen-bond acceptors (Lipinski definition) is 2. The molecule has 1 amide bonds. The first-order valence-corrected chi connectivity index (χ1v) is 5.75. The third-order valence-electron chi connectivity index (χ3n) is 2.12. The predicted molar refractivity (Wildman–Crippen MR) is 64.5 cm³/mol. The molecular formula is C11H14BrFN2O. The number of carbonyl (C=O) groups is 1. The van der Waals surface area contributed by atoms with E-state index in [9.17, 15) is 9.18 Å². The number of hydrogen-bond donors (Lipinski definition) is 2. The van der Waals surface area contributed by atoms with E-state index in [1.54, 1.807) is 12.1 Å². The van der Waals surface area contributed by atoms with Crippen LogP contribution in [0.4, 0.5) is 4.39 Å². The van der Waals surface area contributed by atoms with E-state index in [0.29, 0.717) is 10.9 Å². The van der Waals surface area contributed by atoms with Gasteiger partial charge in [-0.15, -0.1) is 0 Å². The van der Waals surface area contributed by atoms with Crippen molar-refractivity contribution in [2.24, 2.45) is 5.73 Å². The van der Waals surface area contributed by atoms with Crippen molar-refractivity contribution in [1.82, 2.24) is 5.32 Å². The van der Waals surface area contributed by atoms with Crippen LogP contribution >= 0.6 is 15.9 Å². The molecule has 88 valence electrons. The van der Waals surface area contributed by atoms with Gasteiger partial charge in [-0.25, -0.2) is 4.39 Å². The number of nitrogens with one attached hydrogen (secondary N) is 1. The van der Waals surface area contributed by atoms with Crippen LogP contribution in [0.2, 0.25) is 0 Å². The summed E-state index contributed by atoms with van der Waals surface area (Å²) in [6.45, 7) is 1.86. The van der Waals surface area contributed by atoms with Crippen LogP contribution in [0.15, 0.2) is 22.7 Å². The van der Waals surface area contributed by atoms with Crippen molar-refractivity contribution in [2.45, 2.75) is 19.4 Å². The van der Waals surface area contributed by atoms with Gasteiger partial charge in [0, 0.05) is 6.04 Å². The van der Waals surface area contributed by atoms with Crippen LogP contribution in [0, 0.1) is 5.82 Å². The molecule has 0 saturated heterocycles. The van der Waals surface area contributed by atoms with Gasteiger partial charge in [0.1, 0.15) is 5.82 Å². The Labute approximate surface area is 102 Å². The zero-order valence-electron chi connectivity index (χ0n) is 8.97. The molecule has 0 aliphatic carbocycles. The maximum atomic E-state index is 13.0. The molecule has 0 radical (unpaired) electrons. The van der Waals surface area contributed by atoms with Crippen LogP contribution < -0.4 is 11.1 Å². The minimum absolute atomic E-state index is 0.0164. The summed E-state index contributed by atoms with van der Waals surface area (Å²) in [5, 5.41) is 2.74. The molecule has 1 aromatic rings. The Kier molecular flexibility index (Phi) is 4.89. The maximum absolute atomic E-state index is 13.0. The van der Waals surface area contributed by atoms with Crippen molar-refractivity contribution >= 4 is 21.8 Å². The normalized spacial score (nSPS) is 12.2. The Hall–Kier alpha value is -0.940. The molecule has 3 N–H and O–H groups in total. The number of carbonyl (C=O) groups excluding carboxylic acids is 1. The van der Waals surface area contributed by atoms with E-state index < -0.39 is 0 Å². The third kappa shape index (κ3) is 3.90. The lowest BCUT2D eigenvalue weighted by atomic mass is 10.1.